The van der Waals surface area contributed by atoms with E-state index in [0.717, 1.165) is 11.6 Å². The summed E-state index contributed by atoms with van der Waals surface area (Å²) < 4.78 is 39.2. The molecule has 0 nitrogen and oxygen atoms in total. The van der Waals surface area contributed by atoms with Gasteiger partial charge in [0.2, 0.25) is 0 Å². The SMILES string of the molecule is CC(C)c1ccc(C(Br)c2ccccc2C(F)(F)F)cc1. The second-order valence-electron chi connectivity index (χ2n) is 5.27. The zero-order valence-electron chi connectivity index (χ0n) is 11.8. The van der Waals surface area contributed by atoms with Crippen molar-refractivity contribution in [3.8, 4) is 0 Å². The van der Waals surface area contributed by atoms with Crippen molar-refractivity contribution >= 4 is 15.9 Å². The van der Waals surface area contributed by atoms with Gasteiger partial charge in [-0.2, -0.15) is 13.2 Å². The Kier molecular flexibility index (Phi) is 4.77. The molecule has 0 saturated heterocycles. The van der Waals surface area contributed by atoms with Gasteiger partial charge in [-0.05, 0) is 28.7 Å². The molecule has 0 aliphatic carbocycles. The van der Waals surface area contributed by atoms with Gasteiger partial charge in [0.05, 0.1) is 10.4 Å². The van der Waals surface area contributed by atoms with Crippen molar-refractivity contribution in [3.05, 3.63) is 70.8 Å². The lowest BCUT2D eigenvalue weighted by Gasteiger charge is -2.18. The molecule has 0 fully saturated rings. The van der Waals surface area contributed by atoms with Crippen molar-refractivity contribution in [2.45, 2.75) is 30.8 Å². The average Bonchev–Trinajstić information content (AvgIpc) is 2.45. The van der Waals surface area contributed by atoms with Crippen LogP contribution in [0.4, 0.5) is 13.2 Å². The highest BCUT2D eigenvalue weighted by Crippen LogP contribution is 2.40. The van der Waals surface area contributed by atoms with E-state index in [2.05, 4.69) is 29.8 Å². The number of hydrogen-bond acceptors (Lipinski definition) is 0. The van der Waals surface area contributed by atoms with Crippen LogP contribution in [0.5, 0.6) is 0 Å². The summed E-state index contributed by atoms with van der Waals surface area (Å²) in [5, 5.41) is 0. The molecule has 0 aromatic heterocycles. The zero-order valence-corrected chi connectivity index (χ0v) is 13.4. The fourth-order valence-electron chi connectivity index (χ4n) is 2.21. The highest BCUT2D eigenvalue weighted by atomic mass is 79.9. The summed E-state index contributed by atoms with van der Waals surface area (Å²) in [4.78, 5) is -0.475. The van der Waals surface area contributed by atoms with E-state index in [1.165, 1.54) is 17.7 Å². The maximum atomic E-state index is 13.1. The molecule has 0 aliphatic rings. The first kappa shape index (κ1) is 16.1. The first-order valence-electron chi connectivity index (χ1n) is 6.70. The third-order valence-corrected chi connectivity index (χ3v) is 4.46. The van der Waals surface area contributed by atoms with Crippen LogP contribution in [-0.4, -0.2) is 0 Å². The van der Waals surface area contributed by atoms with Gasteiger partial charge in [0.25, 0.3) is 0 Å². The Hall–Kier alpha value is -1.29. The van der Waals surface area contributed by atoms with E-state index >= 15 is 0 Å². The molecule has 0 bridgehead atoms. The first-order chi connectivity index (χ1) is 9.80. The van der Waals surface area contributed by atoms with E-state index in [9.17, 15) is 13.2 Å². The van der Waals surface area contributed by atoms with Gasteiger partial charge >= 0.3 is 6.18 Å². The van der Waals surface area contributed by atoms with Gasteiger partial charge in [-0.3, -0.25) is 0 Å². The summed E-state index contributed by atoms with van der Waals surface area (Å²) in [7, 11) is 0. The first-order valence-corrected chi connectivity index (χ1v) is 7.62. The summed E-state index contributed by atoms with van der Waals surface area (Å²) in [6.07, 6.45) is -4.35. The van der Waals surface area contributed by atoms with Crippen LogP contribution in [0.1, 0.15) is 46.8 Å². The smallest absolute Gasteiger partial charge is 0.166 e. The number of alkyl halides is 4. The second kappa shape index (κ2) is 6.22. The molecule has 112 valence electrons. The number of benzene rings is 2. The molecule has 1 unspecified atom stereocenters. The van der Waals surface area contributed by atoms with Crippen LogP contribution in [0.15, 0.2) is 48.5 Å². The number of halogens is 4. The highest BCUT2D eigenvalue weighted by Gasteiger charge is 2.34. The normalized spacial score (nSPS) is 13.5. The van der Waals surface area contributed by atoms with Gasteiger partial charge in [-0.1, -0.05) is 72.2 Å². The van der Waals surface area contributed by atoms with E-state index < -0.39 is 16.6 Å². The van der Waals surface area contributed by atoms with E-state index in [1.807, 2.05) is 24.3 Å². The van der Waals surface area contributed by atoms with E-state index in [4.69, 9.17) is 0 Å². The number of rotatable bonds is 3. The Labute approximate surface area is 131 Å². The molecule has 0 radical (unpaired) electrons. The van der Waals surface area contributed by atoms with Crippen molar-refractivity contribution in [1.82, 2.24) is 0 Å². The van der Waals surface area contributed by atoms with Crippen molar-refractivity contribution in [2.24, 2.45) is 0 Å². The molecule has 4 heteroatoms. The molecule has 0 heterocycles. The van der Waals surface area contributed by atoms with Gasteiger partial charge in [0.1, 0.15) is 0 Å². The fraction of sp³-hybridized carbons (Fsp3) is 0.294. The molecular weight excluding hydrogens is 341 g/mol. The predicted molar refractivity (Wildman–Crippen MR) is 82.7 cm³/mol. The average molecular weight is 357 g/mol. The molecular formula is C17H16BrF3. The van der Waals surface area contributed by atoms with E-state index in [0.29, 0.717) is 5.92 Å². The Balaban J connectivity index is 2.38. The molecule has 0 aliphatic heterocycles. The van der Waals surface area contributed by atoms with E-state index in [-0.39, 0.29) is 5.56 Å². The lowest BCUT2D eigenvalue weighted by molar-refractivity contribution is -0.138. The molecule has 0 N–H and O–H groups in total. The minimum absolute atomic E-state index is 0.238. The van der Waals surface area contributed by atoms with Crippen LogP contribution in [0, 0.1) is 0 Å². The van der Waals surface area contributed by atoms with Crippen molar-refractivity contribution < 1.29 is 13.2 Å². The maximum absolute atomic E-state index is 13.1. The summed E-state index contributed by atoms with van der Waals surface area (Å²) in [5.74, 6) is 0.398. The van der Waals surface area contributed by atoms with Crippen molar-refractivity contribution in [1.29, 1.82) is 0 Å². The molecule has 1 atom stereocenters. The third kappa shape index (κ3) is 3.67. The predicted octanol–water partition coefficient (Wildman–Crippen LogP) is 6.31. The van der Waals surface area contributed by atoms with Crippen LogP contribution >= 0.6 is 15.9 Å². The third-order valence-electron chi connectivity index (χ3n) is 3.44. The van der Waals surface area contributed by atoms with Gasteiger partial charge in [-0.15, -0.1) is 0 Å². The largest absolute Gasteiger partial charge is 0.416 e. The van der Waals surface area contributed by atoms with Crippen molar-refractivity contribution in [2.75, 3.05) is 0 Å². The monoisotopic (exact) mass is 356 g/mol. The molecule has 2 aromatic carbocycles. The highest BCUT2D eigenvalue weighted by molar-refractivity contribution is 9.09. The Morgan fingerprint density at radius 1 is 0.857 bits per heavy atom. The van der Waals surface area contributed by atoms with Crippen LogP contribution < -0.4 is 0 Å². The van der Waals surface area contributed by atoms with Crippen LogP contribution in [0.2, 0.25) is 0 Å². The number of hydrogen-bond donors (Lipinski definition) is 0. The summed E-state index contributed by atoms with van der Waals surface area (Å²) in [6.45, 7) is 4.17. The van der Waals surface area contributed by atoms with Gasteiger partial charge in [0.15, 0.2) is 0 Å². The Morgan fingerprint density at radius 3 is 1.90 bits per heavy atom. The summed E-state index contributed by atoms with van der Waals surface area (Å²) >= 11 is 3.40. The minimum atomic E-state index is -4.35. The maximum Gasteiger partial charge on any atom is 0.416 e. The molecule has 0 amide bonds. The fourth-order valence-corrected chi connectivity index (χ4v) is 2.91. The molecule has 2 rings (SSSR count). The zero-order chi connectivity index (χ0) is 15.6. The van der Waals surface area contributed by atoms with Gasteiger partial charge in [0, 0.05) is 0 Å². The molecule has 2 aromatic rings. The van der Waals surface area contributed by atoms with Gasteiger partial charge < -0.3 is 0 Å². The Bertz CT molecular complexity index is 600. The van der Waals surface area contributed by atoms with Crippen LogP contribution in [-0.2, 0) is 6.18 Å². The summed E-state index contributed by atoms with van der Waals surface area (Å²) in [5.41, 5.74) is 1.63. The van der Waals surface area contributed by atoms with Crippen molar-refractivity contribution in [3.63, 3.8) is 0 Å². The van der Waals surface area contributed by atoms with Crippen LogP contribution in [0.3, 0.4) is 0 Å². The standard InChI is InChI=1S/C17H16BrF3/c1-11(2)12-7-9-13(10-8-12)16(18)14-5-3-4-6-15(14)17(19,20)21/h3-11,16H,1-2H3. The summed E-state index contributed by atoms with van der Waals surface area (Å²) in [6, 6.07) is 13.3. The second-order valence-corrected chi connectivity index (χ2v) is 6.18. The minimum Gasteiger partial charge on any atom is -0.166 e. The molecule has 21 heavy (non-hydrogen) atoms. The lowest BCUT2D eigenvalue weighted by atomic mass is 9.96. The van der Waals surface area contributed by atoms with E-state index in [1.54, 1.807) is 6.07 Å². The molecule has 0 saturated carbocycles. The van der Waals surface area contributed by atoms with Gasteiger partial charge in [-0.25, -0.2) is 0 Å². The van der Waals surface area contributed by atoms with Crippen LogP contribution in [0.25, 0.3) is 0 Å². The lowest BCUT2D eigenvalue weighted by Crippen LogP contribution is -2.10. The quantitative estimate of drug-likeness (QED) is 0.565. The molecule has 0 spiro atoms. The Morgan fingerprint density at radius 2 is 1.38 bits per heavy atom. The topological polar surface area (TPSA) is 0 Å².